The number of rotatable bonds is 6. The van der Waals surface area contributed by atoms with Crippen molar-refractivity contribution in [2.24, 2.45) is 5.92 Å². The molecule has 1 unspecified atom stereocenters. The highest BCUT2D eigenvalue weighted by Crippen LogP contribution is 2.32. The molecule has 32 heavy (non-hydrogen) atoms. The van der Waals surface area contributed by atoms with Crippen molar-refractivity contribution in [2.45, 2.75) is 33.7 Å². The van der Waals surface area contributed by atoms with Crippen LogP contribution >= 0.6 is 12.2 Å². The van der Waals surface area contributed by atoms with Gasteiger partial charge in [-0.15, -0.1) is 0 Å². The van der Waals surface area contributed by atoms with E-state index >= 15 is 0 Å². The Morgan fingerprint density at radius 2 is 1.88 bits per heavy atom. The van der Waals surface area contributed by atoms with Crippen molar-refractivity contribution < 1.29 is 14.3 Å². The van der Waals surface area contributed by atoms with Crippen LogP contribution in [0.2, 0.25) is 0 Å². The quantitative estimate of drug-likeness (QED) is 0.495. The molecule has 0 radical (unpaired) electrons. The van der Waals surface area contributed by atoms with Crippen LogP contribution in [0.25, 0.3) is 0 Å². The first-order chi connectivity index (χ1) is 15.2. The smallest absolute Gasteiger partial charge is 0.338 e. The number of hydrogen-bond acceptors (Lipinski definition) is 4. The molecule has 2 aromatic carbocycles. The van der Waals surface area contributed by atoms with Crippen LogP contribution in [0.5, 0.6) is 0 Å². The Bertz CT molecular complexity index is 1080. The Morgan fingerprint density at radius 1 is 1.16 bits per heavy atom. The molecule has 0 fully saturated rings. The molecule has 2 aromatic rings. The van der Waals surface area contributed by atoms with Gasteiger partial charge in [-0.05, 0) is 61.3 Å². The third-order valence-corrected chi connectivity index (χ3v) is 5.78. The van der Waals surface area contributed by atoms with Crippen molar-refractivity contribution in [3.05, 3.63) is 76.5 Å². The summed E-state index contributed by atoms with van der Waals surface area (Å²) in [6.45, 7) is 8.08. The highest BCUT2D eigenvalue weighted by Gasteiger charge is 2.33. The standard InChI is InChI=1S/C25H29N3O3S/c1-15(2)14-31-24(30)21-17(4)28(5)25(32)27-22(21)18-10-8-11-19(13-18)26-23(29)20-12-7-6-9-16(20)3/h6-13,15,22H,14H2,1-5H3,(H,26,29)(H,27,32). The van der Waals surface area contributed by atoms with Gasteiger partial charge in [0.15, 0.2) is 5.11 Å². The average molecular weight is 452 g/mol. The zero-order valence-electron chi connectivity index (χ0n) is 19.1. The lowest BCUT2D eigenvalue weighted by atomic mass is 9.94. The zero-order chi connectivity index (χ0) is 23.4. The van der Waals surface area contributed by atoms with Crippen LogP contribution in [0.15, 0.2) is 59.8 Å². The van der Waals surface area contributed by atoms with Gasteiger partial charge in [-0.3, -0.25) is 4.79 Å². The molecule has 3 rings (SSSR count). The number of nitrogens with zero attached hydrogens (tertiary/aromatic N) is 1. The highest BCUT2D eigenvalue weighted by molar-refractivity contribution is 7.80. The van der Waals surface area contributed by atoms with Crippen LogP contribution in [0.4, 0.5) is 5.69 Å². The van der Waals surface area contributed by atoms with Crippen molar-refractivity contribution in [1.82, 2.24) is 10.2 Å². The molecular formula is C25H29N3O3S. The normalized spacial score (nSPS) is 16.1. The Balaban J connectivity index is 1.91. The fourth-order valence-electron chi connectivity index (χ4n) is 3.49. The van der Waals surface area contributed by atoms with E-state index in [2.05, 4.69) is 10.6 Å². The van der Waals surface area contributed by atoms with Crippen molar-refractivity contribution in [2.75, 3.05) is 19.0 Å². The van der Waals surface area contributed by atoms with E-state index in [0.717, 1.165) is 16.8 Å². The van der Waals surface area contributed by atoms with Crippen molar-refractivity contribution in [3.63, 3.8) is 0 Å². The van der Waals surface area contributed by atoms with Gasteiger partial charge in [0.05, 0.1) is 18.2 Å². The minimum Gasteiger partial charge on any atom is -0.462 e. The number of anilines is 1. The number of carbonyl (C=O) groups excluding carboxylic acids is 2. The third kappa shape index (κ3) is 5.16. The molecule has 7 heteroatoms. The molecule has 1 atom stereocenters. The lowest BCUT2D eigenvalue weighted by molar-refractivity contribution is -0.140. The summed E-state index contributed by atoms with van der Waals surface area (Å²) in [5.74, 6) is -0.332. The van der Waals surface area contributed by atoms with Crippen LogP contribution < -0.4 is 10.6 Å². The predicted octanol–water partition coefficient (Wildman–Crippen LogP) is 4.58. The second-order valence-corrected chi connectivity index (χ2v) is 8.71. The van der Waals surface area contributed by atoms with Crippen LogP contribution in [0, 0.1) is 12.8 Å². The molecule has 1 heterocycles. The molecule has 168 valence electrons. The summed E-state index contributed by atoms with van der Waals surface area (Å²) in [5.41, 5.74) is 4.20. The summed E-state index contributed by atoms with van der Waals surface area (Å²) < 4.78 is 5.54. The molecule has 1 aliphatic rings. The van der Waals surface area contributed by atoms with Gasteiger partial charge in [0.25, 0.3) is 5.91 Å². The Morgan fingerprint density at radius 3 is 2.56 bits per heavy atom. The molecule has 2 N–H and O–H groups in total. The van der Waals surface area contributed by atoms with Crippen LogP contribution in [-0.2, 0) is 9.53 Å². The lowest BCUT2D eigenvalue weighted by Gasteiger charge is -2.35. The minimum absolute atomic E-state index is 0.185. The predicted molar refractivity (Wildman–Crippen MR) is 130 cm³/mol. The van der Waals surface area contributed by atoms with Gasteiger partial charge < -0.3 is 20.3 Å². The number of benzene rings is 2. The van der Waals surface area contributed by atoms with Gasteiger partial charge in [0.1, 0.15) is 0 Å². The van der Waals surface area contributed by atoms with E-state index in [0.29, 0.717) is 28.5 Å². The molecular weight excluding hydrogens is 422 g/mol. The van der Waals surface area contributed by atoms with Crippen molar-refractivity contribution >= 4 is 34.9 Å². The van der Waals surface area contributed by atoms with E-state index in [9.17, 15) is 9.59 Å². The Kier molecular flexibility index (Phi) is 7.30. The second kappa shape index (κ2) is 9.96. The Hall–Kier alpha value is -3.19. The van der Waals surface area contributed by atoms with Gasteiger partial charge in [-0.2, -0.15) is 0 Å². The third-order valence-electron chi connectivity index (χ3n) is 5.39. The number of hydrogen-bond donors (Lipinski definition) is 2. The number of esters is 1. The molecule has 6 nitrogen and oxygen atoms in total. The monoisotopic (exact) mass is 451 g/mol. The SMILES string of the molecule is CC1=C(C(=O)OCC(C)C)C(c2cccc(NC(=O)c3ccccc3C)c2)NC(=S)N1C. The maximum atomic E-state index is 13.0. The first-order valence-corrected chi connectivity index (χ1v) is 11.0. The summed E-state index contributed by atoms with van der Waals surface area (Å²) in [4.78, 5) is 27.5. The van der Waals surface area contributed by atoms with Crippen LogP contribution in [-0.4, -0.2) is 35.5 Å². The molecule has 1 aliphatic heterocycles. The molecule has 0 aliphatic carbocycles. The zero-order valence-corrected chi connectivity index (χ0v) is 19.9. The van der Waals surface area contributed by atoms with E-state index in [1.54, 1.807) is 11.0 Å². The summed E-state index contributed by atoms with van der Waals surface area (Å²) in [6, 6.07) is 14.4. The number of allylic oxidation sites excluding steroid dienone is 1. The van der Waals surface area contributed by atoms with Gasteiger partial charge in [-0.25, -0.2) is 4.79 Å². The lowest BCUT2D eigenvalue weighted by Crippen LogP contribution is -2.46. The van der Waals surface area contributed by atoms with Crippen LogP contribution in [0.1, 0.15) is 48.3 Å². The fourth-order valence-corrected chi connectivity index (χ4v) is 3.75. The van der Waals surface area contributed by atoms with Gasteiger partial charge in [0, 0.05) is 24.0 Å². The van der Waals surface area contributed by atoms with Gasteiger partial charge in [-0.1, -0.05) is 44.2 Å². The average Bonchev–Trinajstić information content (AvgIpc) is 2.76. The molecule has 0 saturated carbocycles. The maximum absolute atomic E-state index is 13.0. The number of amides is 1. The summed E-state index contributed by atoms with van der Waals surface area (Å²) in [5, 5.41) is 6.71. The number of ether oxygens (including phenoxy) is 1. The van der Waals surface area contributed by atoms with E-state index in [4.69, 9.17) is 17.0 Å². The highest BCUT2D eigenvalue weighted by atomic mass is 32.1. The van der Waals surface area contributed by atoms with Crippen molar-refractivity contribution in [3.8, 4) is 0 Å². The maximum Gasteiger partial charge on any atom is 0.338 e. The summed E-state index contributed by atoms with van der Waals surface area (Å²) >= 11 is 5.47. The molecule has 0 saturated heterocycles. The van der Waals surface area contributed by atoms with Crippen LogP contribution in [0.3, 0.4) is 0 Å². The van der Waals surface area contributed by atoms with Gasteiger partial charge >= 0.3 is 5.97 Å². The molecule has 0 aromatic heterocycles. The van der Waals surface area contributed by atoms with E-state index in [1.807, 2.05) is 77.2 Å². The second-order valence-electron chi connectivity index (χ2n) is 8.33. The molecule has 0 bridgehead atoms. The van der Waals surface area contributed by atoms with Gasteiger partial charge in [0.2, 0.25) is 0 Å². The fraction of sp³-hybridized carbons (Fsp3) is 0.320. The minimum atomic E-state index is -0.478. The summed E-state index contributed by atoms with van der Waals surface area (Å²) in [6.07, 6.45) is 0. The summed E-state index contributed by atoms with van der Waals surface area (Å²) in [7, 11) is 1.81. The van der Waals surface area contributed by atoms with E-state index in [1.165, 1.54) is 0 Å². The Labute approximate surface area is 194 Å². The van der Waals surface area contributed by atoms with Crippen molar-refractivity contribution in [1.29, 1.82) is 0 Å². The molecule has 1 amide bonds. The largest absolute Gasteiger partial charge is 0.462 e. The van der Waals surface area contributed by atoms with E-state index < -0.39 is 6.04 Å². The first kappa shape index (κ1) is 23.5. The number of aryl methyl sites for hydroxylation is 1. The first-order valence-electron chi connectivity index (χ1n) is 10.6. The number of nitrogens with one attached hydrogen (secondary N) is 2. The topological polar surface area (TPSA) is 70.7 Å². The molecule has 0 spiro atoms. The number of thiocarbonyl (C=S) groups is 1. The number of carbonyl (C=O) groups is 2. The van der Waals surface area contributed by atoms with E-state index in [-0.39, 0.29) is 17.8 Å².